The Labute approximate surface area is 221 Å². The Morgan fingerprint density at radius 2 is 1.81 bits per heavy atom. The Balaban J connectivity index is 1.75. The summed E-state index contributed by atoms with van der Waals surface area (Å²) >= 11 is 12.5. The third-order valence-electron chi connectivity index (χ3n) is 5.44. The number of carbonyl (C=O) groups is 1. The maximum absolute atomic E-state index is 13.7. The van der Waals surface area contributed by atoms with Crippen LogP contribution in [0.3, 0.4) is 0 Å². The van der Waals surface area contributed by atoms with E-state index in [1.54, 1.807) is 49.5 Å². The highest BCUT2D eigenvalue weighted by Crippen LogP contribution is 2.34. The molecule has 2 aromatic carbocycles. The molecular formula is C26H21Cl2F3N4O2. The second-order valence-electron chi connectivity index (χ2n) is 8.17. The lowest BCUT2D eigenvalue weighted by molar-refractivity contribution is -0.0148. The van der Waals surface area contributed by atoms with E-state index in [1.165, 1.54) is 16.8 Å². The third-order valence-corrected chi connectivity index (χ3v) is 5.97. The second-order valence-corrected chi connectivity index (χ2v) is 9.01. The number of carbonyl (C=O) groups excluding carboxylic acids is 1. The molecule has 2 heterocycles. The van der Waals surface area contributed by atoms with Gasteiger partial charge in [-0.15, -0.1) is 0 Å². The summed E-state index contributed by atoms with van der Waals surface area (Å²) in [5.74, 6) is -0.124. The van der Waals surface area contributed by atoms with Crippen LogP contribution in [-0.4, -0.2) is 39.9 Å². The topological polar surface area (TPSA) is 69.0 Å². The smallest absolute Gasteiger partial charge is 0.277 e. The summed E-state index contributed by atoms with van der Waals surface area (Å²) in [4.78, 5) is 17.3. The van der Waals surface area contributed by atoms with E-state index in [-0.39, 0.29) is 11.4 Å². The number of halogens is 5. The van der Waals surface area contributed by atoms with Crippen LogP contribution in [-0.2, 0) is 0 Å². The fourth-order valence-electron chi connectivity index (χ4n) is 3.56. The molecule has 1 amide bonds. The molecule has 0 bridgehead atoms. The van der Waals surface area contributed by atoms with Gasteiger partial charge >= 0.3 is 0 Å². The number of alkyl halides is 3. The molecule has 0 aliphatic rings. The average Bonchev–Trinajstić information content (AvgIpc) is 3.22. The van der Waals surface area contributed by atoms with Gasteiger partial charge in [0.15, 0.2) is 11.9 Å². The van der Waals surface area contributed by atoms with Gasteiger partial charge in [0.2, 0.25) is 0 Å². The minimum absolute atomic E-state index is 0.00371. The Morgan fingerprint density at radius 1 is 1.08 bits per heavy atom. The molecule has 2 unspecified atom stereocenters. The van der Waals surface area contributed by atoms with Crippen LogP contribution in [0.5, 0.6) is 5.75 Å². The third kappa shape index (κ3) is 5.89. The molecule has 6 nitrogen and oxygen atoms in total. The van der Waals surface area contributed by atoms with Crippen LogP contribution in [0.15, 0.2) is 60.8 Å². The van der Waals surface area contributed by atoms with E-state index in [2.05, 4.69) is 15.4 Å². The lowest BCUT2D eigenvalue weighted by Crippen LogP contribution is -2.25. The number of aromatic nitrogens is 3. The minimum atomic E-state index is -2.44. The van der Waals surface area contributed by atoms with E-state index in [9.17, 15) is 18.0 Å². The van der Waals surface area contributed by atoms with Crippen molar-refractivity contribution in [3.8, 4) is 22.7 Å². The molecule has 4 aromatic rings. The number of ether oxygens (including phenoxy) is 1. The summed E-state index contributed by atoms with van der Waals surface area (Å²) in [5, 5.41) is 7.98. The van der Waals surface area contributed by atoms with E-state index in [4.69, 9.17) is 27.9 Å². The van der Waals surface area contributed by atoms with Crippen molar-refractivity contribution in [2.45, 2.75) is 26.4 Å². The van der Waals surface area contributed by atoms with Crippen LogP contribution in [0.2, 0.25) is 10.0 Å². The van der Waals surface area contributed by atoms with Gasteiger partial charge in [-0.25, -0.2) is 18.4 Å². The molecule has 1 N–H and O–H groups in total. The van der Waals surface area contributed by atoms with Crippen molar-refractivity contribution in [3.05, 3.63) is 87.7 Å². The van der Waals surface area contributed by atoms with Crippen LogP contribution >= 0.6 is 23.2 Å². The number of benzene rings is 2. The largest absolute Gasteiger partial charge is 0.457 e. The first-order chi connectivity index (χ1) is 17.7. The summed E-state index contributed by atoms with van der Waals surface area (Å²) in [5.41, 5.74) is 3.14. The zero-order valence-electron chi connectivity index (χ0n) is 19.7. The van der Waals surface area contributed by atoms with Gasteiger partial charge in [0.05, 0.1) is 16.4 Å². The highest BCUT2D eigenvalue weighted by molar-refractivity contribution is 6.35. The van der Waals surface area contributed by atoms with Crippen molar-refractivity contribution >= 4 is 34.9 Å². The number of rotatable bonds is 8. The molecule has 4 rings (SSSR count). The number of amides is 1. The fourth-order valence-corrected chi connectivity index (χ4v) is 4.05. The minimum Gasteiger partial charge on any atom is -0.457 e. The number of anilines is 1. The van der Waals surface area contributed by atoms with Crippen molar-refractivity contribution in [1.29, 1.82) is 0 Å². The number of pyridine rings is 1. The molecule has 0 aliphatic heterocycles. The second kappa shape index (κ2) is 11.2. The first-order valence-corrected chi connectivity index (χ1v) is 11.8. The molecule has 2 atom stereocenters. The molecule has 2 aromatic heterocycles. The average molecular weight is 549 g/mol. The van der Waals surface area contributed by atoms with Crippen molar-refractivity contribution < 1.29 is 22.7 Å². The summed E-state index contributed by atoms with van der Waals surface area (Å²) in [6, 6.07) is 14.3. The lowest BCUT2D eigenvalue weighted by Gasteiger charge is -2.14. The molecule has 0 fully saturated rings. The van der Waals surface area contributed by atoms with Gasteiger partial charge in [0.25, 0.3) is 12.3 Å². The predicted octanol–water partition coefficient (Wildman–Crippen LogP) is 7.09. The van der Waals surface area contributed by atoms with Crippen molar-refractivity contribution in [2.24, 2.45) is 0 Å². The van der Waals surface area contributed by atoms with E-state index in [0.29, 0.717) is 38.4 Å². The number of aryl methyl sites for hydroxylation is 1. The predicted molar refractivity (Wildman–Crippen MR) is 137 cm³/mol. The Morgan fingerprint density at radius 3 is 2.43 bits per heavy atom. The van der Waals surface area contributed by atoms with Gasteiger partial charge < -0.3 is 10.1 Å². The normalized spacial score (nSPS) is 12.7. The van der Waals surface area contributed by atoms with Gasteiger partial charge in [0, 0.05) is 22.3 Å². The quantitative estimate of drug-likeness (QED) is 0.255. The standard InChI is InChI=1S/C26H21Cl2F3N4O2/c1-14-3-10-22(32-13-14)33-26(36)23-15(2)24(35(34-23)21-9-6-17(27)11-19(21)28)16-4-7-18(8-5-16)37-25(31)20(30)12-29/h3-11,13,20,25H,12H2,1-2H3,(H,32,33,36). The first kappa shape index (κ1) is 26.5. The van der Waals surface area contributed by atoms with Crippen LogP contribution in [0.25, 0.3) is 16.9 Å². The molecule has 0 saturated heterocycles. The summed E-state index contributed by atoms with van der Waals surface area (Å²) in [6.45, 7) is 2.10. The zero-order valence-corrected chi connectivity index (χ0v) is 21.2. The molecule has 192 valence electrons. The fraction of sp³-hybridized carbons (Fsp3) is 0.192. The summed E-state index contributed by atoms with van der Waals surface area (Å²) in [6.07, 6.45) is -3.20. The molecule has 11 heteroatoms. The Kier molecular flexibility index (Phi) is 8.04. The SMILES string of the molecule is Cc1ccc(NC(=O)c2nn(-c3ccc(Cl)cc3Cl)c(-c3ccc(OC(F)C(F)CF)cc3)c2C)nc1. The van der Waals surface area contributed by atoms with Crippen molar-refractivity contribution in [3.63, 3.8) is 0 Å². The van der Waals surface area contributed by atoms with Crippen molar-refractivity contribution in [1.82, 2.24) is 14.8 Å². The number of nitrogens with one attached hydrogen (secondary N) is 1. The maximum atomic E-state index is 13.7. The van der Waals surface area contributed by atoms with Crippen LogP contribution in [0.1, 0.15) is 21.6 Å². The molecular weight excluding hydrogens is 528 g/mol. The number of hydrogen-bond donors (Lipinski definition) is 1. The Hall–Kier alpha value is -3.56. The van der Waals surface area contributed by atoms with Crippen LogP contribution in [0.4, 0.5) is 19.0 Å². The van der Waals surface area contributed by atoms with Gasteiger partial charge in [-0.2, -0.15) is 9.49 Å². The first-order valence-electron chi connectivity index (χ1n) is 11.1. The van der Waals surface area contributed by atoms with E-state index < -0.39 is 25.1 Å². The van der Waals surface area contributed by atoms with Gasteiger partial charge in [0.1, 0.15) is 18.2 Å². The van der Waals surface area contributed by atoms with Gasteiger partial charge in [-0.05, 0) is 67.9 Å². The van der Waals surface area contributed by atoms with E-state index in [0.717, 1.165) is 5.56 Å². The van der Waals surface area contributed by atoms with Gasteiger partial charge in [-0.1, -0.05) is 29.3 Å². The highest BCUT2D eigenvalue weighted by atomic mass is 35.5. The molecule has 0 spiro atoms. The van der Waals surface area contributed by atoms with E-state index in [1.807, 2.05) is 13.0 Å². The summed E-state index contributed by atoms with van der Waals surface area (Å²) in [7, 11) is 0. The molecule has 0 saturated carbocycles. The Bertz CT molecular complexity index is 1410. The molecule has 0 aliphatic carbocycles. The summed E-state index contributed by atoms with van der Waals surface area (Å²) < 4.78 is 45.7. The monoisotopic (exact) mass is 548 g/mol. The maximum Gasteiger partial charge on any atom is 0.277 e. The molecule has 37 heavy (non-hydrogen) atoms. The van der Waals surface area contributed by atoms with Crippen LogP contribution < -0.4 is 10.1 Å². The molecule has 0 radical (unpaired) electrons. The number of hydrogen-bond acceptors (Lipinski definition) is 4. The highest BCUT2D eigenvalue weighted by Gasteiger charge is 2.25. The van der Waals surface area contributed by atoms with E-state index >= 15 is 0 Å². The van der Waals surface area contributed by atoms with Crippen molar-refractivity contribution in [2.75, 3.05) is 12.0 Å². The van der Waals surface area contributed by atoms with Crippen LogP contribution in [0, 0.1) is 13.8 Å². The zero-order chi connectivity index (χ0) is 26.7. The number of nitrogens with zero attached hydrogens (tertiary/aromatic N) is 3. The lowest BCUT2D eigenvalue weighted by atomic mass is 10.1. The van der Waals surface area contributed by atoms with Gasteiger partial charge in [-0.3, -0.25) is 4.79 Å².